The first kappa shape index (κ1) is 20.8. The third kappa shape index (κ3) is 6.28. The van der Waals surface area contributed by atoms with Crippen molar-refractivity contribution in [2.24, 2.45) is 0 Å². The van der Waals surface area contributed by atoms with Crippen molar-refractivity contribution in [3.05, 3.63) is 23.8 Å². The van der Waals surface area contributed by atoms with Crippen molar-refractivity contribution in [2.45, 2.75) is 44.4 Å². The number of β-amino-alcohol motifs (C(OH)–C–C–N with tert-alkyl or cyclic N) is 1. The summed E-state index contributed by atoms with van der Waals surface area (Å²) in [7, 11) is 3.89. The number of benzene rings is 1. The molecule has 1 atom stereocenters. The van der Waals surface area contributed by atoms with Crippen molar-refractivity contribution < 1.29 is 14.6 Å². The summed E-state index contributed by atoms with van der Waals surface area (Å²) in [4.78, 5) is 4.75. The first-order valence-electron chi connectivity index (χ1n) is 10.1. The molecule has 5 nitrogen and oxygen atoms in total. The third-order valence-electron chi connectivity index (χ3n) is 5.57. The van der Waals surface area contributed by atoms with Gasteiger partial charge in [0.1, 0.15) is 12.7 Å². The molecular formula is C21H34N2O3S. The Morgan fingerprint density at radius 2 is 1.96 bits per heavy atom. The van der Waals surface area contributed by atoms with Gasteiger partial charge >= 0.3 is 0 Å². The molecule has 0 amide bonds. The van der Waals surface area contributed by atoms with Crippen LogP contribution in [0.5, 0.6) is 11.5 Å². The van der Waals surface area contributed by atoms with Crippen molar-refractivity contribution in [1.82, 2.24) is 9.80 Å². The number of likely N-dealkylation sites (tertiary alicyclic amines) is 1. The van der Waals surface area contributed by atoms with Gasteiger partial charge in [-0.05, 0) is 75.0 Å². The SMILES string of the molecule is COc1cc(CN(C)C2CCSCC2)ccc1OC[C@@H](O)CN1CCCC1. The molecule has 2 heterocycles. The molecule has 3 rings (SSSR count). The van der Waals surface area contributed by atoms with E-state index in [1.165, 1.54) is 42.8 Å². The Balaban J connectivity index is 1.51. The maximum atomic E-state index is 10.2. The summed E-state index contributed by atoms with van der Waals surface area (Å²) < 4.78 is 11.4. The summed E-state index contributed by atoms with van der Waals surface area (Å²) in [6, 6.07) is 6.82. The molecule has 2 fully saturated rings. The minimum atomic E-state index is -0.470. The van der Waals surface area contributed by atoms with Gasteiger partial charge in [-0.25, -0.2) is 0 Å². The van der Waals surface area contributed by atoms with Crippen LogP contribution in [0.4, 0.5) is 0 Å². The van der Waals surface area contributed by atoms with Crippen LogP contribution in [0.3, 0.4) is 0 Å². The van der Waals surface area contributed by atoms with E-state index in [1.54, 1.807) is 7.11 Å². The molecule has 2 saturated heterocycles. The standard InChI is InChI=1S/C21H34N2O3S/c1-22(18-7-11-27-12-8-18)14-17-5-6-20(21(13-17)25-2)26-16-19(24)15-23-9-3-4-10-23/h5-6,13,18-19,24H,3-4,7-12,14-16H2,1-2H3/t19-/m0/s1. The van der Waals surface area contributed by atoms with Gasteiger partial charge < -0.3 is 19.5 Å². The maximum absolute atomic E-state index is 10.2. The monoisotopic (exact) mass is 394 g/mol. The van der Waals surface area contributed by atoms with Gasteiger partial charge in [0.25, 0.3) is 0 Å². The molecule has 2 aliphatic heterocycles. The molecule has 152 valence electrons. The number of aliphatic hydroxyl groups is 1. The molecule has 0 spiro atoms. The summed E-state index contributed by atoms with van der Waals surface area (Å²) in [5.74, 6) is 3.99. The van der Waals surface area contributed by atoms with Crippen molar-refractivity contribution in [3.8, 4) is 11.5 Å². The number of ether oxygens (including phenoxy) is 2. The Kier molecular flexibility index (Phi) is 8.12. The first-order valence-corrected chi connectivity index (χ1v) is 11.3. The zero-order valence-corrected chi connectivity index (χ0v) is 17.5. The van der Waals surface area contributed by atoms with Crippen molar-refractivity contribution in [1.29, 1.82) is 0 Å². The lowest BCUT2D eigenvalue weighted by molar-refractivity contribution is 0.0747. The highest BCUT2D eigenvalue weighted by atomic mass is 32.2. The second-order valence-electron chi connectivity index (χ2n) is 7.72. The summed E-state index contributed by atoms with van der Waals surface area (Å²) in [5, 5.41) is 10.2. The van der Waals surface area contributed by atoms with E-state index in [2.05, 4.69) is 40.7 Å². The van der Waals surface area contributed by atoms with Crippen LogP contribution < -0.4 is 9.47 Å². The number of hydrogen-bond acceptors (Lipinski definition) is 6. The predicted octanol–water partition coefficient (Wildman–Crippen LogP) is 2.86. The van der Waals surface area contributed by atoms with Crippen LogP contribution in [-0.4, -0.2) is 79.0 Å². The zero-order chi connectivity index (χ0) is 19.1. The van der Waals surface area contributed by atoms with Crippen LogP contribution >= 0.6 is 11.8 Å². The fraction of sp³-hybridized carbons (Fsp3) is 0.714. The lowest BCUT2D eigenvalue weighted by Gasteiger charge is -2.31. The van der Waals surface area contributed by atoms with E-state index in [9.17, 15) is 5.11 Å². The average Bonchev–Trinajstić information content (AvgIpc) is 3.20. The molecule has 0 aromatic heterocycles. The lowest BCUT2D eigenvalue weighted by Crippen LogP contribution is -2.34. The van der Waals surface area contributed by atoms with Gasteiger partial charge in [-0.15, -0.1) is 0 Å². The molecule has 0 aliphatic carbocycles. The Labute approximate surface area is 168 Å². The Morgan fingerprint density at radius 1 is 1.22 bits per heavy atom. The number of nitrogens with zero attached hydrogens (tertiary/aromatic N) is 2. The first-order chi connectivity index (χ1) is 13.2. The highest BCUT2D eigenvalue weighted by Crippen LogP contribution is 2.29. The summed E-state index contributed by atoms with van der Waals surface area (Å²) in [6.07, 6.45) is 4.54. The summed E-state index contributed by atoms with van der Waals surface area (Å²) >= 11 is 2.06. The number of hydrogen-bond donors (Lipinski definition) is 1. The van der Waals surface area contributed by atoms with Gasteiger partial charge in [-0.3, -0.25) is 4.90 Å². The number of thioether (sulfide) groups is 1. The van der Waals surface area contributed by atoms with Gasteiger partial charge in [0, 0.05) is 19.1 Å². The summed E-state index contributed by atoms with van der Waals surface area (Å²) in [6.45, 7) is 4.07. The van der Waals surface area contributed by atoms with Crippen LogP contribution in [0.25, 0.3) is 0 Å². The van der Waals surface area contributed by atoms with Crippen molar-refractivity contribution >= 4 is 11.8 Å². The number of aliphatic hydroxyl groups excluding tert-OH is 1. The quantitative estimate of drug-likeness (QED) is 0.695. The molecule has 0 unspecified atom stereocenters. The molecule has 27 heavy (non-hydrogen) atoms. The molecule has 2 aliphatic rings. The smallest absolute Gasteiger partial charge is 0.161 e. The topological polar surface area (TPSA) is 45.2 Å². The Hall–Kier alpha value is -0.950. The Morgan fingerprint density at radius 3 is 2.67 bits per heavy atom. The minimum Gasteiger partial charge on any atom is -0.493 e. The molecule has 1 aromatic carbocycles. The van der Waals surface area contributed by atoms with Gasteiger partial charge in [0.2, 0.25) is 0 Å². The normalized spacial score (nSPS) is 20.1. The van der Waals surface area contributed by atoms with E-state index in [-0.39, 0.29) is 0 Å². The number of methoxy groups -OCH3 is 1. The van der Waals surface area contributed by atoms with Crippen molar-refractivity contribution in [3.63, 3.8) is 0 Å². The minimum absolute atomic E-state index is 0.297. The van der Waals surface area contributed by atoms with E-state index in [0.29, 0.717) is 24.9 Å². The third-order valence-corrected chi connectivity index (χ3v) is 6.62. The molecular weight excluding hydrogens is 360 g/mol. The Bertz CT molecular complexity index is 575. The van der Waals surface area contributed by atoms with E-state index in [0.717, 1.165) is 25.4 Å². The molecule has 1 N–H and O–H groups in total. The van der Waals surface area contributed by atoms with E-state index < -0.39 is 6.10 Å². The molecule has 0 saturated carbocycles. The van der Waals surface area contributed by atoms with Gasteiger partial charge in [0.15, 0.2) is 11.5 Å². The highest BCUT2D eigenvalue weighted by molar-refractivity contribution is 7.99. The molecule has 6 heteroatoms. The fourth-order valence-corrected chi connectivity index (χ4v) is 5.06. The van der Waals surface area contributed by atoms with E-state index >= 15 is 0 Å². The lowest BCUT2D eigenvalue weighted by atomic mass is 10.1. The van der Waals surface area contributed by atoms with Crippen LogP contribution in [0, 0.1) is 0 Å². The zero-order valence-electron chi connectivity index (χ0n) is 16.7. The van der Waals surface area contributed by atoms with Crippen LogP contribution in [-0.2, 0) is 6.54 Å². The second kappa shape index (κ2) is 10.6. The molecule has 0 radical (unpaired) electrons. The largest absolute Gasteiger partial charge is 0.493 e. The van der Waals surface area contributed by atoms with Crippen LogP contribution in [0.1, 0.15) is 31.2 Å². The second-order valence-corrected chi connectivity index (χ2v) is 8.94. The number of rotatable bonds is 9. The maximum Gasteiger partial charge on any atom is 0.161 e. The van der Waals surface area contributed by atoms with Gasteiger partial charge in [-0.2, -0.15) is 11.8 Å². The van der Waals surface area contributed by atoms with Gasteiger partial charge in [-0.1, -0.05) is 6.07 Å². The summed E-state index contributed by atoms with van der Waals surface area (Å²) in [5.41, 5.74) is 1.23. The van der Waals surface area contributed by atoms with Crippen LogP contribution in [0.15, 0.2) is 18.2 Å². The van der Waals surface area contributed by atoms with Gasteiger partial charge in [0.05, 0.1) is 7.11 Å². The van der Waals surface area contributed by atoms with E-state index in [1.807, 2.05) is 6.07 Å². The fourth-order valence-electron chi connectivity index (χ4n) is 3.97. The highest BCUT2D eigenvalue weighted by Gasteiger charge is 2.19. The molecule has 1 aromatic rings. The molecule has 0 bridgehead atoms. The van der Waals surface area contributed by atoms with Crippen molar-refractivity contribution in [2.75, 3.05) is 51.9 Å². The van der Waals surface area contributed by atoms with E-state index in [4.69, 9.17) is 9.47 Å². The van der Waals surface area contributed by atoms with Crippen LogP contribution in [0.2, 0.25) is 0 Å². The predicted molar refractivity (Wildman–Crippen MR) is 112 cm³/mol. The average molecular weight is 395 g/mol.